The molecular weight excluding hydrogens is 432 g/mol. The molecule has 0 heterocycles. The second-order valence-electron chi connectivity index (χ2n) is 3.37. The van der Waals surface area contributed by atoms with E-state index < -0.39 is 9.66 Å². The van der Waals surface area contributed by atoms with Crippen molar-refractivity contribution in [2.45, 2.75) is 16.1 Å². The highest BCUT2D eigenvalue weighted by Gasteiger charge is 2.30. The highest BCUT2D eigenvalue weighted by Crippen LogP contribution is 2.38. The van der Waals surface area contributed by atoms with E-state index in [4.69, 9.17) is 0 Å². The molecule has 0 atom stereocenters. The molecule has 0 aliphatic heterocycles. The zero-order valence-electron chi connectivity index (χ0n) is 9.59. The van der Waals surface area contributed by atoms with E-state index in [1.807, 2.05) is 0 Å². The van der Waals surface area contributed by atoms with Crippen molar-refractivity contribution >= 4 is 57.1 Å². The number of thiol groups is 2. The lowest BCUT2D eigenvalue weighted by atomic mass is 10.1. The molecule has 0 saturated carbocycles. The summed E-state index contributed by atoms with van der Waals surface area (Å²) in [6, 6.07) is 3.77. The third kappa shape index (κ3) is 8.47. The second-order valence-corrected chi connectivity index (χ2v) is 6.26. The Morgan fingerprint density at radius 2 is 1.05 bits per heavy atom. The molecule has 1 aromatic carbocycles. The molecule has 0 aliphatic rings. The summed E-state index contributed by atoms with van der Waals surface area (Å²) in [6.07, 6.45) is 1.12. The molecule has 0 aliphatic carbocycles. The van der Waals surface area contributed by atoms with E-state index in [-0.39, 0.29) is 11.1 Å². The Morgan fingerprint density at radius 1 is 0.789 bits per heavy atom. The molecule has 0 aromatic heterocycles. The number of rotatable bonds is 4. The summed E-state index contributed by atoms with van der Waals surface area (Å²) in [5, 5.41) is 0. The van der Waals surface area contributed by atoms with Crippen molar-refractivity contribution in [3.63, 3.8) is 0 Å². The minimum Gasteiger partial charge on any atom is -0.188 e. The van der Waals surface area contributed by atoms with Crippen LogP contribution in [0.5, 0.6) is 0 Å². The maximum Gasteiger partial charge on any atom is 0.326 e. The third-order valence-electron chi connectivity index (χ3n) is 1.86. The van der Waals surface area contributed by atoms with Crippen molar-refractivity contribution in [1.29, 1.82) is 0 Å². The lowest BCUT2D eigenvalue weighted by Crippen LogP contribution is -2.05. The molecule has 0 radical (unpaired) electrons. The average Bonchev–Trinajstić information content (AvgIpc) is 2.29. The van der Waals surface area contributed by atoms with E-state index >= 15 is 0 Å². The van der Waals surface area contributed by atoms with Gasteiger partial charge in [-0.3, -0.25) is 0 Å². The highest BCUT2D eigenvalue weighted by molar-refractivity contribution is 9.09. The van der Waals surface area contributed by atoms with Crippen LogP contribution in [0.4, 0.5) is 17.6 Å². The summed E-state index contributed by atoms with van der Waals surface area (Å²) in [5.74, 6) is 1.92. The summed E-state index contributed by atoms with van der Waals surface area (Å²) in [6.45, 7) is 0. The minimum absolute atomic E-state index is 0.363. The van der Waals surface area contributed by atoms with Gasteiger partial charge in [0.05, 0.1) is 0 Å². The molecule has 0 saturated heterocycles. The molecule has 110 valence electrons. The van der Waals surface area contributed by atoms with E-state index in [1.165, 1.54) is 0 Å². The van der Waals surface area contributed by atoms with Gasteiger partial charge in [-0.15, -0.1) is 0 Å². The van der Waals surface area contributed by atoms with Crippen molar-refractivity contribution < 1.29 is 17.6 Å². The van der Waals surface area contributed by atoms with Gasteiger partial charge in [0.2, 0.25) is 0 Å². The van der Waals surface area contributed by atoms with Gasteiger partial charge >= 0.3 is 9.66 Å². The average molecular weight is 444 g/mol. The van der Waals surface area contributed by atoms with Crippen LogP contribution in [0.2, 0.25) is 0 Å². The Kier molecular flexibility index (Phi) is 9.07. The summed E-state index contributed by atoms with van der Waals surface area (Å²) in [5.41, 5.74) is -0.726. The predicted molar refractivity (Wildman–Crippen MR) is 84.4 cm³/mol. The molecule has 1 aromatic rings. The first kappa shape index (κ1) is 19.6. The fourth-order valence-corrected chi connectivity index (χ4v) is 2.01. The van der Waals surface area contributed by atoms with Gasteiger partial charge in [-0.1, -0.05) is 24.3 Å². The van der Waals surface area contributed by atoms with Crippen molar-refractivity contribution in [2.75, 3.05) is 11.5 Å². The molecule has 8 heteroatoms. The zero-order chi connectivity index (χ0) is 15.1. The SMILES string of the molecule is FC(F)(Br)c1ccc(C(F)(F)Br)cc1.SCCCS. The molecule has 0 unspecified atom stereocenters. The fraction of sp³-hybridized carbons (Fsp3) is 0.455. The first-order valence-corrected chi connectivity index (χ1v) is 7.94. The lowest BCUT2D eigenvalue weighted by Gasteiger charge is -2.11. The molecule has 1 rings (SSSR count). The standard InChI is InChI=1S/C8H4Br2F4.C3H8S2/c9-7(11,12)5-1-2-6(4-3-5)8(10,13)14;4-2-1-3-5/h1-4H;4-5H,1-3H2. The van der Waals surface area contributed by atoms with E-state index in [0.717, 1.165) is 42.2 Å². The maximum absolute atomic E-state index is 12.6. The van der Waals surface area contributed by atoms with Crippen LogP contribution in [0.15, 0.2) is 24.3 Å². The van der Waals surface area contributed by atoms with Crippen LogP contribution >= 0.6 is 57.1 Å². The minimum atomic E-state index is -3.19. The van der Waals surface area contributed by atoms with E-state index in [9.17, 15) is 17.6 Å². The van der Waals surface area contributed by atoms with Gasteiger partial charge in [0.15, 0.2) is 0 Å². The largest absolute Gasteiger partial charge is 0.326 e. The lowest BCUT2D eigenvalue weighted by molar-refractivity contribution is 0.110. The first-order chi connectivity index (χ1) is 8.62. The number of alkyl halides is 6. The predicted octanol–water partition coefficient (Wildman–Crippen LogP) is 5.81. The number of hydrogen-bond acceptors (Lipinski definition) is 2. The van der Waals surface area contributed by atoms with Gasteiger partial charge in [0.25, 0.3) is 0 Å². The van der Waals surface area contributed by atoms with Crippen LogP contribution in [0, 0.1) is 0 Å². The Morgan fingerprint density at radius 3 is 1.16 bits per heavy atom. The van der Waals surface area contributed by atoms with Crippen LogP contribution < -0.4 is 0 Å². The van der Waals surface area contributed by atoms with Crippen molar-refractivity contribution in [2.24, 2.45) is 0 Å². The molecule has 0 fully saturated rings. The van der Waals surface area contributed by atoms with Gasteiger partial charge in [-0.25, -0.2) is 0 Å². The van der Waals surface area contributed by atoms with E-state index in [0.29, 0.717) is 0 Å². The molecule has 0 spiro atoms. The topological polar surface area (TPSA) is 0 Å². The summed E-state index contributed by atoms with van der Waals surface area (Å²) in [4.78, 5) is -6.37. The molecule has 0 nitrogen and oxygen atoms in total. The smallest absolute Gasteiger partial charge is 0.188 e. The zero-order valence-corrected chi connectivity index (χ0v) is 14.6. The van der Waals surface area contributed by atoms with Crippen molar-refractivity contribution in [3.8, 4) is 0 Å². The molecule has 0 amide bonds. The van der Waals surface area contributed by atoms with Gasteiger partial charge in [-0.2, -0.15) is 42.8 Å². The molecule has 0 bridgehead atoms. The Balaban J connectivity index is 0.000000555. The van der Waals surface area contributed by atoms with Crippen LogP contribution in [0.1, 0.15) is 17.5 Å². The van der Waals surface area contributed by atoms with Crippen LogP contribution in [-0.2, 0) is 9.66 Å². The van der Waals surface area contributed by atoms with Crippen molar-refractivity contribution in [1.82, 2.24) is 0 Å². The third-order valence-corrected chi connectivity index (χ3v) is 3.40. The normalized spacial score (nSPS) is 11.8. The van der Waals surface area contributed by atoms with E-state index in [1.54, 1.807) is 0 Å². The van der Waals surface area contributed by atoms with Crippen LogP contribution in [0.3, 0.4) is 0 Å². The molecule has 0 N–H and O–H groups in total. The van der Waals surface area contributed by atoms with Gasteiger partial charge in [-0.05, 0) is 49.8 Å². The Labute approximate surface area is 137 Å². The number of halogens is 6. The van der Waals surface area contributed by atoms with Gasteiger partial charge < -0.3 is 0 Å². The monoisotopic (exact) mass is 442 g/mol. The molecule has 19 heavy (non-hydrogen) atoms. The van der Waals surface area contributed by atoms with Crippen LogP contribution in [0.25, 0.3) is 0 Å². The highest BCUT2D eigenvalue weighted by atomic mass is 79.9. The fourth-order valence-electron chi connectivity index (χ4n) is 0.919. The molecular formula is C11H12Br2F4S2. The summed E-state index contributed by atoms with van der Waals surface area (Å²) in [7, 11) is 0. The maximum atomic E-state index is 12.6. The number of hydrogen-bond donors (Lipinski definition) is 2. The second kappa shape index (κ2) is 8.79. The Bertz CT molecular complexity index is 325. The van der Waals surface area contributed by atoms with Gasteiger partial charge in [0, 0.05) is 11.1 Å². The van der Waals surface area contributed by atoms with Crippen LogP contribution in [-0.4, -0.2) is 11.5 Å². The Hall–Kier alpha value is 0.600. The number of benzene rings is 1. The van der Waals surface area contributed by atoms with E-state index in [2.05, 4.69) is 57.1 Å². The summed E-state index contributed by atoms with van der Waals surface area (Å²) < 4.78 is 50.4. The van der Waals surface area contributed by atoms with Gasteiger partial charge in [0.1, 0.15) is 0 Å². The summed E-state index contributed by atoms with van der Waals surface area (Å²) >= 11 is 12.2. The first-order valence-electron chi connectivity index (χ1n) is 5.09. The quantitative estimate of drug-likeness (QED) is 0.327. The van der Waals surface area contributed by atoms with Crippen molar-refractivity contribution in [3.05, 3.63) is 35.4 Å².